The number of aliphatic hydroxyl groups is 1. The normalized spacial score (nSPS) is 19.2. The Kier molecular flexibility index (Phi) is 6.22. The molecule has 1 fully saturated rings. The van der Waals surface area contributed by atoms with Gasteiger partial charge in [0.2, 0.25) is 0 Å². The first kappa shape index (κ1) is 16.3. The highest BCUT2D eigenvalue weighted by atomic mass is 16.3. The van der Waals surface area contributed by atoms with E-state index in [4.69, 9.17) is 5.11 Å². The van der Waals surface area contributed by atoms with Gasteiger partial charge in [0.05, 0.1) is 5.76 Å². The van der Waals surface area contributed by atoms with Crippen molar-refractivity contribution in [3.05, 3.63) is 54.1 Å². The molecule has 1 unspecified atom stereocenters. The van der Waals surface area contributed by atoms with E-state index >= 15 is 0 Å². The maximum absolute atomic E-state index is 8.49. The standard InChI is InChI=1S/C12H15N3.C6H10O/c1-3-9(7-13-5-1)11-8-15-12-10(11)4-2-6-14-12;1-3-4-5-6(2)7/h2,4,6,8-9,13H,1,3,5,7H2,(H,14,15);3-5,7H,1-2H3/b;4-3-,6-5+. The maximum atomic E-state index is 8.49. The molecule has 3 heterocycles. The third-order valence-corrected chi connectivity index (χ3v) is 3.75. The van der Waals surface area contributed by atoms with Crippen molar-refractivity contribution < 1.29 is 5.11 Å². The van der Waals surface area contributed by atoms with E-state index < -0.39 is 0 Å². The van der Waals surface area contributed by atoms with Crippen LogP contribution in [0.1, 0.15) is 38.2 Å². The molecule has 0 amide bonds. The Morgan fingerprint density at radius 2 is 2.32 bits per heavy atom. The molecule has 4 heteroatoms. The van der Waals surface area contributed by atoms with Crippen molar-refractivity contribution in [2.24, 2.45) is 0 Å². The van der Waals surface area contributed by atoms with Crippen molar-refractivity contribution in [1.29, 1.82) is 0 Å². The number of fused-ring (bicyclic) bond motifs is 1. The van der Waals surface area contributed by atoms with Crippen LogP contribution in [0.25, 0.3) is 11.0 Å². The molecule has 0 aromatic carbocycles. The summed E-state index contributed by atoms with van der Waals surface area (Å²) in [5.74, 6) is 0.995. The number of piperidine rings is 1. The summed E-state index contributed by atoms with van der Waals surface area (Å²) in [5.41, 5.74) is 2.43. The van der Waals surface area contributed by atoms with Gasteiger partial charge in [-0.15, -0.1) is 0 Å². The number of aliphatic hydroxyl groups excluding tert-OH is 1. The second-order valence-electron chi connectivity index (χ2n) is 5.52. The van der Waals surface area contributed by atoms with Crippen molar-refractivity contribution in [2.75, 3.05) is 13.1 Å². The number of pyridine rings is 1. The highest BCUT2D eigenvalue weighted by Crippen LogP contribution is 2.28. The van der Waals surface area contributed by atoms with Gasteiger partial charge in [-0.2, -0.15) is 0 Å². The molecule has 118 valence electrons. The summed E-state index contributed by atoms with van der Waals surface area (Å²) in [7, 11) is 0. The minimum atomic E-state index is 0.345. The minimum absolute atomic E-state index is 0.345. The Morgan fingerprint density at radius 1 is 1.45 bits per heavy atom. The average Bonchev–Trinajstić information content (AvgIpc) is 2.98. The number of hydrogen-bond acceptors (Lipinski definition) is 3. The topological polar surface area (TPSA) is 60.9 Å². The Hall–Kier alpha value is -2.07. The second-order valence-corrected chi connectivity index (χ2v) is 5.52. The summed E-state index contributed by atoms with van der Waals surface area (Å²) < 4.78 is 0. The largest absolute Gasteiger partial charge is 0.513 e. The van der Waals surface area contributed by atoms with Crippen molar-refractivity contribution in [3.63, 3.8) is 0 Å². The molecule has 1 saturated heterocycles. The number of rotatable bonds is 2. The predicted octanol–water partition coefficient (Wildman–Crippen LogP) is 4.05. The van der Waals surface area contributed by atoms with E-state index in [9.17, 15) is 0 Å². The monoisotopic (exact) mass is 299 g/mol. The minimum Gasteiger partial charge on any atom is -0.513 e. The van der Waals surface area contributed by atoms with E-state index in [0.717, 1.165) is 18.7 Å². The van der Waals surface area contributed by atoms with E-state index in [1.54, 1.807) is 19.1 Å². The van der Waals surface area contributed by atoms with Crippen LogP contribution in [0.15, 0.2) is 48.5 Å². The van der Waals surface area contributed by atoms with E-state index in [1.165, 1.54) is 23.8 Å². The summed E-state index contributed by atoms with van der Waals surface area (Å²) in [6, 6.07) is 4.17. The molecule has 0 spiro atoms. The molecule has 0 aliphatic carbocycles. The van der Waals surface area contributed by atoms with Gasteiger partial charge in [0.15, 0.2) is 0 Å². The lowest BCUT2D eigenvalue weighted by Gasteiger charge is -2.22. The molecular weight excluding hydrogens is 274 g/mol. The number of hydrogen-bond donors (Lipinski definition) is 3. The number of aromatic nitrogens is 2. The molecule has 2 aromatic heterocycles. The third kappa shape index (κ3) is 4.46. The van der Waals surface area contributed by atoms with Gasteiger partial charge >= 0.3 is 0 Å². The maximum Gasteiger partial charge on any atom is 0.137 e. The van der Waals surface area contributed by atoms with Crippen LogP contribution in [0.5, 0.6) is 0 Å². The molecule has 3 N–H and O–H groups in total. The van der Waals surface area contributed by atoms with Gasteiger partial charge in [-0.05, 0) is 62.9 Å². The number of aromatic amines is 1. The summed E-state index contributed by atoms with van der Waals surface area (Å²) in [6.07, 6.45) is 11.8. The van der Waals surface area contributed by atoms with Crippen LogP contribution in [-0.4, -0.2) is 28.2 Å². The summed E-state index contributed by atoms with van der Waals surface area (Å²) in [6.45, 7) is 5.80. The lowest BCUT2D eigenvalue weighted by atomic mass is 9.92. The lowest BCUT2D eigenvalue weighted by molar-refractivity contribution is 0.414. The van der Waals surface area contributed by atoms with E-state index in [0.29, 0.717) is 11.7 Å². The van der Waals surface area contributed by atoms with Crippen LogP contribution in [0.2, 0.25) is 0 Å². The second kappa shape index (κ2) is 8.39. The van der Waals surface area contributed by atoms with Gasteiger partial charge in [-0.3, -0.25) is 0 Å². The molecule has 22 heavy (non-hydrogen) atoms. The number of nitrogens with zero attached hydrogens (tertiary/aromatic N) is 1. The first-order valence-corrected chi connectivity index (χ1v) is 7.83. The molecule has 0 radical (unpaired) electrons. The van der Waals surface area contributed by atoms with Gasteiger partial charge in [0.1, 0.15) is 5.65 Å². The fourth-order valence-corrected chi connectivity index (χ4v) is 2.67. The van der Waals surface area contributed by atoms with E-state index in [2.05, 4.69) is 27.5 Å². The average molecular weight is 299 g/mol. The molecular formula is C18H25N3O. The summed E-state index contributed by atoms with van der Waals surface area (Å²) >= 11 is 0. The zero-order valence-electron chi connectivity index (χ0n) is 13.3. The fraction of sp³-hybridized carbons (Fsp3) is 0.389. The molecule has 0 saturated carbocycles. The third-order valence-electron chi connectivity index (χ3n) is 3.75. The van der Waals surface area contributed by atoms with Crippen LogP contribution in [0, 0.1) is 0 Å². The highest BCUT2D eigenvalue weighted by Gasteiger charge is 2.18. The van der Waals surface area contributed by atoms with Gasteiger partial charge in [0.25, 0.3) is 0 Å². The van der Waals surface area contributed by atoms with E-state index in [-0.39, 0.29) is 0 Å². The smallest absolute Gasteiger partial charge is 0.137 e. The first-order valence-electron chi connectivity index (χ1n) is 7.83. The highest BCUT2D eigenvalue weighted by molar-refractivity contribution is 5.80. The van der Waals surface area contributed by atoms with Crippen molar-refractivity contribution >= 4 is 11.0 Å². The van der Waals surface area contributed by atoms with Crippen LogP contribution in [0.3, 0.4) is 0 Å². The SMILES string of the molecule is C/C=C\C=C(/C)O.c1cnc2[nH]cc(C3CCCNC3)c2c1. The number of allylic oxidation sites excluding steroid dienone is 4. The molecule has 1 aliphatic rings. The van der Waals surface area contributed by atoms with Gasteiger partial charge in [0, 0.05) is 24.3 Å². The van der Waals surface area contributed by atoms with Crippen molar-refractivity contribution in [2.45, 2.75) is 32.6 Å². The molecule has 0 bridgehead atoms. The Bertz CT molecular complexity index is 633. The van der Waals surface area contributed by atoms with E-state index in [1.807, 2.05) is 25.3 Å². The molecule has 2 aromatic rings. The first-order chi connectivity index (χ1) is 10.7. The molecule has 1 aliphatic heterocycles. The van der Waals surface area contributed by atoms with Crippen molar-refractivity contribution in [1.82, 2.24) is 15.3 Å². The fourth-order valence-electron chi connectivity index (χ4n) is 2.67. The van der Waals surface area contributed by atoms with Crippen LogP contribution in [0.4, 0.5) is 0 Å². The van der Waals surface area contributed by atoms with Gasteiger partial charge in [-0.25, -0.2) is 4.98 Å². The van der Waals surface area contributed by atoms with Gasteiger partial charge < -0.3 is 15.4 Å². The predicted molar refractivity (Wildman–Crippen MR) is 92.1 cm³/mol. The molecule has 1 atom stereocenters. The molecule has 3 rings (SSSR count). The zero-order chi connectivity index (χ0) is 15.8. The van der Waals surface area contributed by atoms with Gasteiger partial charge in [-0.1, -0.05) is 12.2 Å². The summed E-state index contributed by atoms with van der Waals surface area (Å²) in [5, 5.41) is 13.2. The molecule has 4 nitrogen and oxygen atoms in total. The summed E-state index contributed by atoms with van der Waals surface area (Å²) in [4.78, 5) is 7.57. The number of H-pyrrole nitrogens is 1. The Balaban J connectivity index is 0.000000217. The Labute approximate surface area is 132 Å². The Morgan fingerprint density at radius 3 is 2.95 bits per heavy atom. The van der Waals surface area contributed by atoms with Crippen molar-refractivity contribution in [3.8, 4) is 0 Å². The zero-order valence-corrected chi connectivity index (χ0v) is 13.3. The van der Waals surface area contributed by atoms with Crippen LogP contribution >= 0.6 is 0 Å². The quantitative estimate of drug-likeness (QED) is 0.579. The van der Waals surface area contributed by atoms with Crippen LogP contribution < -0.4 is 5.32 Å². The number of nitrogens with one attached hydrogen (secondary N) is 2. The van der Waals surface area contributed by atoms with Crippen LogP contribution in [-0.2, 0) is 0 Å². The lowest BCUT2D eigenvalue weighted by Crippen LogP contribution is -2.28.